The van der Waals surface area contributed by atoms with Gasteiger partial charge in [0.05, 0.1) is 16.3 Å². The highest BCUT2D eigenvalue weighted by molar-refractivity contribution is 8.18. The molecule has 4 rings (SSSR count). The Morgan fingerprint density at radius 1 is 1.11 bits per heavy atom. The number of anilines is 1. The van der Waals surface area contributed by atoms with E-state index in [9.17, 15) is 9.18 Å². The zero-order valence-electron chi connectivity index (χ0n) is 15.1. The van der Waals surface area contributed by atoms with Crippen LogP contribution >= 0.6 is 11.8 Å². The fourth-order valence-electron chi connectivity index (χ4n) is 3.24. The number of thioether (sulfide) groups is 1. The van der Waals surface area contributed by atoms with Crippen molar-refractivity contribution in [3.63, 3.8) is 0 Å². The van der Waals surface area contributed by atoms with E-state index >= 15 is 0 Å². The van der Waals surface area contributed by atoms with Crippen molar-refractivity contribution in [1.82, 2.24) is 4.90 Å². The van der Waals surface area contributed by atoms with Crippen molar-refractivity contribution >= 4 is 40.3 Å². The Balaban J connectivity index is 1.58. The molecule has 6 heteroatoms. The van der Waals surface area contributed by atoms with Gasteiger partial charge >= 0.3 is 0 Å². The summed E-state index contributed by atoms with van der Waals surface area (Å²) in [5.41, 5.74) is 2.12. The second-order valence-electron chi connectivity index (χ2n) is 6.61. The summed E-state index contributed by atoms with van der Waals surface area (Å²) in [4.78, 5) is 21.2. The van der Waals surface area contributed by atoms with Crippen LogP contribution in [0, 0.1) is 5.82 Å². The van der Waals surface area contributed by atoms with Gasteiger partial charge in [-0.25, -0.2) is 9.38 Å². The fourth-order valence-corrected chi connectivity index (χ4v) is 4.23. The van der Waals surface area contributed by atoms with E-state index in [4.69, 9.17) is 0 Å². The molecule has 0 saturated carbocycles. The molecule has 0 aromatic heterocycles. The molecule has 0 aliphatic carbocycles. The van der Waals surface area contributed by atoms with Crippen molar-refractivity contribution in [2.24, 2.45) is 4.99 Å². The van der Waals surface area contributed by atoms with Crippen LogP contribution in [0.2, 0.25) is 0 Å². The number of amides is 1. The maximum Gasteiger partial charge on any atom is 0.266 e. The molecule has 138 valence electrons. The molecule has 0 spiro atoms. The Bertz CT molecular complexity index is 920. The molecule has 2 saturated heterocycles. The Morgan fingerprint density at radius 2 is 1.85 bits per heavy atom. The van der Waals surface area contributed by atoms with Gasteiger partial charge < -0.3 is 4.90 Å². The summed E-state index contributed by atoms with van der Waals surface area (Å²) in [5, 5.41) is 0.617. The molecule has 2 fully saturated rings. The minimum absolute atomic E-state index is 0.126. The second-order valence-corrected chi connectivity index (χ2v) is 7.62. The van der Waals surface area contributed by atoms with E-state index in [1.165, 1.54) is 22.7 Å². The molecule has 4 nitrogen and oxygen atoms in total. The lowest BCUT2D eigenvalue weighted by molar-refractivity contribution is -0.121. The van der Waals surface area contributed by atoms with E-state index < -0.39 is 0 Å². The van der Waals surface area contributed by atoms with E-state index in [0.717, 1.165) is 31.6 Å². The van der Waals surface area contributed by atoms with Gasteiger partial charge in [0.1, 0.15) is 5.82 Å². The van der Waals surface area contributed by atoms with Crippen LogP contribution in [0.1, 0.15) is 18.4 Å². The number of benzene rings is 2. The van der Waals surface area contributed by atoms with Crippen LogP contribution in [-0.2, 0) is 4.79 Å². The number of carbonyl (C=O) groups is 1. The monoisotopic (exact) mass is 381 g/mol. The molecule has 2 aliphatic heterocycles. The van der Waals surface area contributed by atoms with Crippen molar-refractivity contribution in [3.8, 4) is 0 Å². The molecule has 0 bridgehead atoms. The Morgan fingerprint density at radius 3 is 2.56 bits per heavy atom. The van der Waals surface area contributed by atoms with Gasteiger partial charge in [0, 0.05) is 20.1 Å². The fraction of sp³-hybridized carbons (Fsp3) is 0.238. The number of hydrogen-bond donors (Lipinski definition) is 0. The molecule has 0 atom stereocenters. The normalized spacial score (nSPS) is 20.3. The number of rotatable bonds is 3. The third-order valence-corrected chi connectivity index (χ3v) is 5.76. The van der Waals surface area contributed by atoms with Crippen LogP contribution in [0.3, 0.4) is 0 Å². The van der Waals surface area contributed by atoms with Gasteiger partial charge in [-0.3, -0.25) is 9.69 Å². The highest BCUT2D eigenvalue weighted by atomic mass is 32.2. The van der Waals surface area contributed by atoms with Crippen LogP contribution in [0.4, 0.5) is 15.8 Å². The minimum atomic E-state index is -0.242. The van der Waals surface area contributed by atoms with E-state index in [0.29, 0.717) is 21.3 Å². The van der Waals surface area contributed by atoms with Gasteiger partial charge in [-0.15, -0.1) is 0 Å². The SMILES string of the molecule is CN1C(=O)/C(=C/c2ccc(N3CCCC3)c(F)c2)SC1=Nc1ccccc1. The number of carbonyl (C=O) groups excluding carboxylic acids is 1. The van der Waals surface area contributed by atoms with Crippen molar-refractivity contribution in [2.45, 2.75) is 12.8 Å². The summed E-state index contributed by atoms with van der Waals surface area (Å²) in [5.74, 6) is -0.369. The largest absolute Gasteiger partial charge is 0.369 e. The van der Waals surface area contributed by atoms with Crippen LogP contribution in [0.5, 0.6) is 0 Å². The quantitative estimate of drug-likeness (QED) is 0.726. The van der Waals surface area contributed by atoms with Gasteiger partial charge in [0.15, 0.2) is 5.17 Å². The van der Waals surface area contributed by atoms with Crippen molar-refractivity contribution in [2.75, 3.05) is 25.0 Å². The van der Waals surface area contributed by atoms with E-state index in [1.54, 1.807) is 19.2 Å². The van der Waals surface area contributed by atoms with Crippen molar-refractivity contribution in [3.05, 3.63) is 64.8 Å². The van der Waals surface area contributed by atoms with E-state index in [-0.39, 0.29) is 11.7 Å². The topological polar surface area (TPSA) is 35.9 Å². The minimum Gasteiger partial charge on any atom is -0.369 e. The lowest BCUT2D eigenvalue weighted by atomic mass is 10.1. The maximum absolute atomic E-state index is 14.5. The predicted molar refractivity (Wildman–Crippen MR) is 110 cm³/mol. The molecule has 2 aromatic rings. The number of amidine groups is 1. The molecule has 2 aliphatic rings. The summed E-state index contributed by atoms with van der Waals surface area (Å²) in [7, 11) is 1.70. The Hall–Kier alpha value is -2.60. The first-order valence-corrected chi connectivity index (χ1v) is 9.79. The highest BCUT2D eigenvalue weighted by Crippen LogP contribution is 2.34. The molecule has 27 heavy (non-hydrogen) atoms. The van der Waals surface area contributed by atoms with Gasteiger partial charge in [-0.2, -0.15) is 0 Å². The number of aliphatic imine (C=N–C) groups is 1. The van der Waals surface area contributed by atoms with Gasteiger partial charge in [0.25, 0.3) is 5.91 Å². The molecule has 1 amide bonds. The van der Waals surface area contributed by atoms with E-state index in [1.807, 2.05) is 36.4 Å². The van der Waals surface area contributed by atoms with Crippen molar-refractivity contribution in [1.29, 1.82) is 0 Å². The van der Waals surface area contributed by atoms with Crippen molar-refractivity contribution < 1.29 is 9.18 Å². The molecule has 2 aromatic carbocycles. The number of halogens is 1. The lowest BCUT2D eigenvalue weighted by Gasteiger charge is -2.18. The average Bonchev–Trinajstić information content (AvgIpc) is 3.28. The van der Waals surface area contributed by atoms with Gasteiger partial charge in [-0.1, -0.05) is 24.3 Å². The van der Waals surface area contributed by atoms with Gasteiger partial charge in [0.2, 0.25) is 0 Å². The first kappa shape index (κ1) is 17.8. The summed E-state index contributed by atoms with van der Waals surface area (Å²) in [6.07, 6.45) is 3.94. The highest BCUT2D eigenvalue weighted by Gasteiger charge is 2.30. The first-order chi connectivity index (χ1) is 13.1. The second kappa shape index (κ2) is 7.56. The van der Waals surface area contributed by atoms with Crippen LogP contribution in [-0.4, -0.2) is 36.1 Å². The standard InChI is InChI=1S/C21H20FN3OS/c1-24-20(26)19(27-21(24)23-16-7-3-2-4-8-16)14-15-9-10-18(17(22)13-15)25-11-5-6-12-25/h2-4,7-10,13-14H,5-6,11-12H2,1H3/b19-14-,23-21?. The summed E-state index contributed by atoms with van der Waals surface area (Å²) < 4.78 is 14.5. The molecule has 0 radical (unpaired) electrons. The smallest absolute Gasteiger partial charge is 0.266 e. The van der Waals surface area contributed by atoms with Crippen LogP contribution in [0.15, 0.2) is 58.4 Å². The summed E-state index contributed by atoms with van der Waals surface area (Å²) in [6.45, 7) is 1.80. The Labute approximate surface area is 162 Å². The number of likely N-dealkylation sites (N-methyl/N-ethyl adjacent to an activating group) is 1. The lowest BCUT2D eigenvalue weighted by Crippen LogP contribution is -2.23. The zero-order chi connectivity index (χ0) is 18.8. The first-order valence-electron chi connectivity index (χ1n) is 8.98. The molecule has 2 heterocycles. The molecule has 0 unspecified atom stereocenters. The summed E-state index contributed by atoms with van der Waals surface area (Å²) >= 11 is 1.31. The zero-order valence-corrected chi connectivity index (χ0v) is 15.9. The van der Waals surface area contributed by atoms with Crippen LogP contribution in [0.25, 0.3) is 6.08 Å². The molecule has 0 N–H and O–H groups in total. The molecular formula is C21H20FN3OS. The third kappa shape index (κ3) is 3.76. The summed E-state index contributed by atoms with van der Waals surface area (Å²) in [6, 6.07) is 14.7. The predicted octanol–water partition coefficient (Wildman–Crippen LogP) is 4.66. The number of para-hydroxylation sites is 1. The van der Waals surface area contributed by atoms with Gasteiger partial charge in [-0.05, 0) is 60.5 Å². The maximum atomic E-state index is 14.5. The Kier molecular flexibility index (Phi) is 4.99. The average molecular weight is 381 g/mol. The molecular weight excluding hydrogens is 361 g/mol. The van der Waals surface area contributed by atoms with Crippen LogP contribution < -0.4 is 4.90 Å². The number of hydrogen-bond acceptors (Lipinski definition) is 4. The van der Waals surface area contributed by atoms with E-state index in [2.05, 4.69) is 9.89 Å². The number of nitrogens with zero attached hydrogens (tertiary/aromatic N) is 3. The third-order valence-electron chi connectivity index (χ3n) is 4.70.